The fraction of sp³-hybridized carbons (Fsp3) is 0.300. The summed E-state index contributed by atoms with van der Waals surface area (Å²) in [5.74, 6) is 0.425. The average molecular weight is 354 g/mol. The van der Waals surface area contributed by atoms with Crippen molar-refractivity contribution in [3.63, 3.8) is 0 Å². The number of thiophene rings is 1. The number of rotatable bonds is 5. The van der Waals surface area contributed by atoms with Gasteiger partial charge in [0.2, 0.25) is 0 Å². The van der Waals surface area contributed by atoms with Crippen molar-refractivity contribution in [1.82, 2.24) is 0 Å². The molecule has 5 heteroatoms. The second kappa shape index (κ2) is 6.15. The lowest BCUT2D eigenvalue weighted by atomic mass is 10.0. The largest absolute Gasteiger partial charge is 0.478 e. The van der Waals surface area contributed by atoms with Crippen LogP contribution in [0.1, 0.15) is 58.2 Å². The number of aromatic carboxylic acids is 1. The number of fused-ring (bicyclic) bond motifs is 1. The highest BCUT2D eigenvalue weighted by Crippen LogP contribution is 2.56. The summed E-state index contributed by atoms with van der Waals surface area (Å²) in [6.07, 6.45) is 2.50. The van der Waals surface area contributed by atoms with Crippen molar-refractivity contribution in [3.8, 4) is 0 Å². The molecule has 0 amide bonds. The zero-order valence-corrected chi connectivity index (χ0v) is 14.6. The minimum Gasteiger partial charge on any atom is -0.478 e. The molecule has 2 aromatic heterocycles. The van der Waals surface area contributed by atoms with Gasteiger partial charge in [0.1, 0.15) is 11.3 Å². The van der Waals surface area contributed by atoms with E-state index in [0.29, 0.717) is 28.9 Å². The number of hydrogen-bond acceptors (Lipinski definition) is 4. The van der Waals surface area contributed by atoms with E-state index in [9.17, 15) is 9.59 Å². The monoisotopic (exact) mass is 354 g/mol. The van der Waals surface area contributed by atoms with E-state index in [-0.39, 0.29) is 16.9 Å². The molecule has 2 heterocycles. The molecule has 0 spiro atoms. The summed E-state index contributed by atoms with van der Waals surface area (Å²) < 4.78 is 6.12. The number of carboxylic acids is 1. The molecule has 128 valence electrons. The van der Waals surface area contributed by atoms with Crippen LogP contribution in [0.2, 0.25) is 0 Å². The van der Waals surface area contributed by atoms with Gasteiger partial charge in [0.25, 0.3) is 0 Å². The van der Waals surface area contributed by atoms with E-state index in [1.807, 2.05) is 13.0 Å². The fourth-order valence-electron chi connectivity index (χ4n) is 3.47. The minimum absolute atomic E-state index is 0.0852. The van der Waals surface area contributed by atoms with Crippen molar-refractivity contribution in [2.24, 2.45) is 0 Å². The van der Waals surface area contributed by atoms with E-state index >= 15 is 0 Å². The Balaban J connectivity index is 1.84. The number of carbonyl (C=O) groups is 1. The molecule has 1 aliphatic rings. The van der Waals surface area contributed by atoms with Crippen LogP contribution in [0.4, 0.5) is 0 Å². The summed E-state index contributed by atoms with van der Waals surface area (Å²) in [6.45, 7) is 2.03. The highest BCUT2D eigenvalue weighted by molar-refractivity contribution is 7.10. The van der Waals surface area contributed by atoms with Crippen LogP contribution in [0.3, 0.4) is 0 Å². The van der Waals surface area contributed by atoms with Crippen LogP contribution < -0.4 is 5.43 Å². The van der Waals surface area contributed by atoms with E-state index in [2.05, 4.69) is 11.4 Å². The molecule has 1 aliphatic carbocycles. The summed E-state index contributed by atoms with van der Waals surface area (Å²) in [5.41, 5.74) is 1.21. The molecule has 1 saturated carbocycles. The summed E-state index contributed by atoms with van der Waals surface area (Å²) >= 11 is 1.74. The Kier molecular flexibility index (Phi) is 3.96. The van der Waals surface area contributed by atoms with Gasteiger partial charge in [0, 0.05) is 22.3 Å². The molecule has 1 aromatic carbocycles. The van der Waals surface area contributed by atoms with Crippen molar-refractivity contribution < 1.29 is 14.3 Å². The highest BCUT2D eigenvalue weighted by atomic mass is 32.1. The predicted molar refractivity (Wildman–Crippen MR) is 97.9 cm³/mol. The van der Waals surface area contributed by atoms with Crippen molar-refractivity contribution >= 4 is 28.3 Å². The quantitative estimate of drug-likeness (QED) is 0.716. The number of hydrogen-bond donors (Lipinski definition) is 1. The lowest BCUT2D eigenvalue weighted by Gasteiger charge is -2.10. The van der Waals surface area contributed by atoms with Gasteiger partial charge in [0.15, 0.2) is 5.43 Å². The fourth-order valence-corrected chi connectivity index (χ4v) is 4.38. The van der Waals surface area contributed by atoms with Gasteiger partial charge in [-0.15, -0.1) is 11.3 Å². The van der Waals surface area contributed by atoms with Crippen molar-refractivity contribution in [1.29, 1.82) is 0 Å². The molecule has 4 nitrogen and oxygen atoms in total. The van der Waals surface area contributed by atoms with Crippen LogP contribution >= 0.6 is 11.3 Å². The van der Waals surface area contributed by atoms with E-state index < -0.39 is 5.97 Å². The van der Waals surface area contributed by atoms with Crippen LogP contribution in [0.5, 0.6) is 0 Å². The number of benzene rings is 1. The first-order chi connectivity index (χ1) is 12.1. The molecule has 0 radical (unpaired) electrons. The van der Waals surface area contributed by atoms with Crippen molar-refractivity contribution in [3.05, 3.63) is 67.7 Å². The SMILES string of the molecule is CCCc1c(C2CC2c2cccs2)oc2ccc(C(=O)O)cc2c1=O. The first kappa shape index (κ1) is 16.1. The Hall–Kier alpha value is -2.40. The Morgan fingerprint density at radius 3 is 2.84 bits per heavy atom. The van der Waals surface area contributed by atoms with Gasteiger partial charge in [-0.2, -0.15) is 0 Å². The van der Waals surface area contributed by atoms with E-state index in [1.165, 1.54) is 17.0 Å². The number of carboxylic acid groups (broad SMARTS) is 1. The van der Waals surface area contributed by atoms with Crippen LogP contribution in [-0.4, -0.2) is 11.1 Å². The molecule has 2 unspecified atom stereocenters. The first-order valence-electron chi connectivity index (χ1n) is 8.46. The van der Waals surface area contributed by atoms with Gasteiger partial charge < -0.3 is 9.52 Å². The molecular formula is C20H18O4S. The minimum atomic E-state index is -1.04. The molecule has 1 N–H and O–H groups in total. The topological polar surface area (TPSA) is 67.5 Å². The standard InChI is InChI=1S/C20H18O4S/c1-2-4-12-18(21)15-9-11(20(22)23)6-7-16(15)24-19(12)14-10-13(14)17-5-3-8-25-17/h3,5-9,13-14H,2,4,10H2,1H3,(H,22,23). The maximum Gasteiger partial charge on any atom is 0.335 e. The third kappa shape index (κ3) is 2.78. The van der Waals surface area contributed by atoms with Crippen LogP contribution in [0, 0.1) is 0 Å². The molecule has 1 fully saturated rings. The Morgan fingerprint density at radius 1 is 1.32 bits per heavy atom. The summed E-state index contributed by atoms with van der Waals surface area (Å²) in [4.78, 5) is 25.5. The smallest absolute Gasteiger partial charge is 0.335 e. The third-order valence-corrected chi connectivity index (χ3v) is 5.80. The van der Waals surface area contributed by atoms with Gasteiger partial charge in [-0.3, -0.25) is 4.79 Å². The van der Waals surface area contributed by atoms with Gasteiger partial charge >= 0.3 is 5.97 Å². The van der Waals surface area contributed by atoms with E-state index in [4.69, 9.17) is 9.52 Å². The predicted octanol–water partition coefficient (Wildman–Crippen LogP) is 4.78. The van der Waals surface area contributed by atoms with Gasteiger partial charge in [-0.25, -0.2) is 4.79 Å². The highest BCUT2D eigenvalue weighted by Gasteiger charge is 2.44. The molecule has 0 aliphatic heterocycles. The molecule has 0 bridgehead atoms. The van der Waals surface area contributed by atoms with Crippen molar-refractivity contribution in [2.75, 3.05) is 0 Å². The van der Waals surface area contributed by atoms with Gasteiger partial charge in [-0.1, -0.05) is 19.4 Å². The lowest BCUT2D eigenvalue weighted by molar-refractivity contribution is 0.0697. The molecule has 0 saturated heterocycles. The lowest BCUT2D eigenvalue weighted by Crippen LogP contribution is -2.13. The van der Waals surface area contributed by atoms with Crippen LogP contribution in [0.25, 0.3) is 11.0 Å². The van der Waals surface area contributed by atoms with Crippen LogP contribution in [0.15, 0.2) is 44.9 Å². The molecule has 4 rings (SSSR count). The molecule has 3 aromatic rings. The third-order valence-electron chi connectivity index (χ3n) is 4.80. The Bertz CT molecular complexity index is 1000. The second-order valence-electron chi connectivity index (χ2n) is 6.50. The Labute approximate surface area is 148 Å². The van der Waals surface area contributed by atoms with Crippen molar-refractivity contribution in [2.45, 2.75) is 38.0 Å². The summed E-state index contributed by atoms with van der Waals surface area (Å²) in [6, 6.07) is 8.69. The maximum atomic E-state index is 13.0. The average Bonchev–Trinajstić information content (AvgIpc) is 3.21. The molecule has 25 heavy (non-hydrogen) atoms. The zero-order chi connectivity index (χ0) is 17.6. The zero-order valence-electron chi connectivity index (χ0n) is 13.8. The summed E-state index contributed by atoms with van der Waals surface area (Å²) in [7, 11) is 0. The second-order valence-corrected chi connectivity index (χ2v) is 7.48. The van der Waals surface area contributed by atoms with Gasteiger partial charge in [0.05, 0.1) is 10.9 Å². The molecular weight excluding hydrogens is 336 g/mol. The molecule has 2 atom stereocenters. The van der Waals surface area contributed by atoms with E-state index in [0.717, 1.165) is 18.6 Å². The van der Waals surface area contributed by atoms with Gasteiger partial charge in [-0.05, 0) is 42.5 Å². The maximum absolute atomic E-state index is 13.0. The normalized spacial score (nSPS) is 19.2. The van der Waals surface area contributed by atoms with Crippen LogP contribution in [-0.2, 0) is 6.42 Å². The summed E-state index contributed by atoms with van der Waals surface area (Å²) in [5, 5.41) is 11.6. The first-order valence-corrected chi connectivity index (χ1v) is 9.34. The van der Waals surface area contributed by atoms with E-state index in [1.54, 1.807) is 17.4 Å². The Morgan fingerprint density at radius 2 is 2.16 bits per heavy atom.